The maximum atomic E-state index is 12.8. The average molecular weight is 627 g/mol. The zero-order valence-corrected chi connectivity index (χ0v) is 25.6. The first-order valence-corrected chi connectivity index (χ1v) is 14.9. The molecule has 0 aliphatic carbocycles. The second-order valence-electron chi connectivity index (χ2n) is 10.5. The number of amides is 2. The smallest absolute Gasteiger partial charge is 0.407 e. The number of methoxy groups -OCH3 is 1. The number of aliphatic hydroxyl groups is 1. The molecule has 4 aromatic rings. The minimum atomic E-state index is -1.21. The van der Waals surface area contributed by atoms with Crippen LogP contribution in [0.25, 0.3) is 0 Å². The molecule has 10 nitrogen and oxygen atoms in total. The summed E-state index contributed by atoms with van der Waals surface area (Å²) in [5.74, 6) is -0.236. The van der Waals surface area contributed by atoms with Gasteiger partial charge in [-0.2, -0.15) is 0 Å². The van der Waals surface area contributed by atoms with Crippen LogP contribution in [0.4, 0.5) is 4.79 Å². The molecule has 0 aliphatic heterocycles. The highest BCUT2D eigenvalue weighted by Crippen LogP contribution is 2.31. The van der Waals surface area contributed by atoms with Gasteiger partial charge in [-0.3, -0.25) is 4.79 Å². The fraction of sp³-hybridized carbons (Fsp3) is 0.250. The summed E-state index contributed by atoms with van der Waals surface area (Å²) in [4.78, 5) is 37.4. The van der Waals surface area contributed by atoms with Crippen molar-refractivity contribution in [3.05, 3.63) is 131 Å². The zero-order chi connectivity index (χ0) is 32.6. The first-order valence-electron chi connectivity index (χ1n) is 14.9. The van der Waals surface area contributed by atoms with E-state index in [1.807, 2.05) is 91.0 Å². The van der Waals surface area contributed by atoms with Gasteiger partial charge >= 0.3 is 12.1 Å². The SMILES string of the molecule is COC(=O)[C@@H](Cc1ccc(OCc2ccccc2)c(OCc2ccccc2)c1)NC(=O)C[C@@H](O)CNC(=O)OCc1ccccc1. The lowest BCUT2D eigenvalue weighted by Gasteiger charge is -2.19. The van der Waals surface area contributed by atoms with Crippen molar-refractivity contribution in [3.8, 4) is 11.5 Å². The van der Waals surface area contributed by atoms with Gasteiger partial charge in [0.15, 0.2) is 11.5 Å². The van der Waals surface area contributed by atoms with Crippen LogP contribution in [0, 0.1) is 0 Å². The van der Waals surface area contributed by atoms with E-state index in [0.717, 1.165) is 16.7 Å². The first-order chi connectivity index (χ1) is 22.4. The summed E-state index contributed by atoms with van der Waals surface area (Å²) in [5.41, 5.74) is 3.47. The van der Waals surface area contributed by atoms with Gasteiger partial charge in [0.25, 0.3) is 0 Å². The highest BCUT2D eigenvalue weighted by Gasteiger charge is 2.24. The zero-order valence-electron chi connectivity index (χ0n) is 25.6. The third-order valence-corrected chi connectivity index (χ3v) is 6.86. The Labute approximate surface area is 268 Å². The number of esters is 1. The maximum Gasteiger partial charge on any atom is 0.407 e. The third kappa shape index (κ3) is 11.3. The van der Waals surface area contributed by atoms with Crippen molar-refractivity contribution in [2.75, 3.05) is 13.7 Å². The molecule has 0 saturated heterocycles. The molecule has 0 heterocycles. The second-order valence-corrected chi connectivity index (χ2v) is 10.5. The molecule has 0 spiro atoms. The average Bonchev–Trinajstić information content (AvgIpc) is 3.09. The van der Waals surface area contributed by atoms with E-state index < -0.39 is 30.1 Å². The summed E-state index contributed by atoms with van der Waals surface area (Å²) < 4.78 is 22.3. The summed E-state index contributed by atoms with van der Waals surface area (Å²) in [6.07, 6.45) is -2.19. The Morgan fingerprint density at radius 1 is 0.696 bits per heavy atom. The first kappa shape index (κ1) is 33.5. The Kier molecular flexibility index (Phi) is 13.0. The molecule has 10 heteroatoms. The van der Waals surface area contributed by atoms with E-state index in [0.29, 0.717) is 30.3 Å². The summed E-state index contributed by atoms with van der Waals surface area (Å²) in [7, 11) is 1.23. The number of rotatable bonds is 16. The Morgan fingerprint density at radius 3 is 1.80 bits per heavy atom. The van der Waals surface area contributed by atoms with Gasteiger partial charge in [-0.1, -0.05) is 97.1 Å². The number of benzene rings is 4. The minimum absolute atomic E-state index is 0.0726. The van der Waals surface area contributed by atoms with Gasteiger partial charge in [0.05, 0.1) is 19.6 Å². The van der Waals surface area contributed by atoms with Crippen molar-refractivity contribution in [1.29, 1.82) is 0 Å². The highest BCUT2D eigenvalue weighted by molar-refractivity contribution is 5.85. The molecule has 0 radical (unpaired) electrons. The summed E-state index contributed by atoms with van der Waals surface area (Å²) in [6.45, 7) is 0.499. The quantitative estimate of drug-likeness (QED) is 0.152. The van der Waals surface area contributed by atoms with E-state index in [-0.39, 0.29) is 26.0 Å². The molecule has 4 aromatic carbocycles. The molecule has 2 amide bonds. The van der Waals surface area contributed by atoms with Crippen LogP contribution in [0.15, 0.2) is 109 Å². The number of alkyl carbamates (subject to hydrolysis) is 1. The number of aliphatic hydroxyl groups excluding tert-OH is 1. The molecule has 0 fully saturated rings. The monoisotopic (exact) mass is 626 g/mol. The lowest BCUT2D eigenvalue weighted by atomic mass is 10.0. The summed E-state index contributed by atoms with van der Waals surface area (Å²) >= 11 is 0. The topological polar surface area (TPSA) is 132 Å². The Bertz CT molecular complexity index is 1530. The minimum Gasteiger partial charge on any atom is -0.485 e. The largest absolute Gasteiger partial charge is 0.485 e. The number of ether oxygens (including phenoxy) is 4. The fourth-order valence-corrected chi connectivity index (χ4v) is 4.47. The van der Waals surface area contributed by atoms with Crippen LogP contribution in [0.3, 0.4) is 0 Å². The number of carbonyl (C=O) groups excluding carboxylic acids is 3. The molecule has 240 valence electrons. The number of carbonyl (C=O) groups is 3. The molecule has 0 bridgehead atoms. The molecule has 2 atom stereocenters. The van der Waals surface area contributed by atoms with E-state index in [1.165, 1.54) is 7.11 Å². The van der Waals surface area contributed by atoms with Crippen LogP contribution in [0.5, 0.6) is 11.5 Å². The maximum absolute atomic E-state index is 12.8. The van der Waals surface area contributed by atoms with Gasteiger partial charge in [0.1, 0.15) is 25.9 Å². The van der Waals surface area contributed by atoms with E-state index in [1.54, 1.807) is 18.2 Å². The van der Waals surface area contributed by atoms with Gasteiger partial charge in [-0.15, -0.1) is 0 Å². The van der Waals surface area contributed by atoms with Crippen LogP contribution in [0.1, 0.15) is 28.7 Å². The molecule has 0 saturated carbocycles. The van der Waals surface area contributed by atoms with Gasteiger partial charge in [0, 0.05) is 13.0 Å². The normalized spacial score (nSPS) is 11.9. The summed E-state index contributed by atoms with van der Waals surface area (Å²) in [6, 6.07) is 32.9. The third-order valence-electron chi connectivity index (χ3n) is 6.86. The molecule has 3 N–H and O–H groups in total. The fourth-order valence-electron chi connectivity index (χ4n) is 4.47. The summed E-state index contributed by atoms with van der Waals surface area (Å²) in [5, 5.41) is 15.4. The lowest BCUT2D eigenvalue weighted by molar-refractivity contribution is -0.145. The van der Waals surface area contributed by atoms with Gasteiger partial charge < -0.3 is 34.7 Å². The molecule has 0 aromatic heterocycles. The van der Waals surface area contributed by atoms with Gasteiger partial charge in [0.2, 0.25) is 5.91 Å². The predicted octanol–water partition coefficient (Wildman–Crippen LogP) is 4.72. The molecule has 0 aliphatic rings. The van der Waals surface area contributed by atoms with Crippen molar-refractivity contribution in [3.63, 3.8) is 0 Å². The van der Waals surface area contributed by atoms with Crippen molar-refractivity contribution in [2.24, 2.45) is 0 Å². The van der Waals surface area contributed by atoms with Crippen molar-refractivity contribution >= 4 is 18.0 Å². The van der Waals surface area contributed by atoms with E-state index >= 15 is 0 Å². The molecular weight excluding hydrogens is 588 g/mol. The Morgan fingerprint density at radius 2 is 1.24 bits per heavy atom. The molecule has 4 rings (SSSR count). The second kappa shape index (κ2) is 17.8. The number of nitrogens with one attached hydrogen (secondary N) is 2. The lowest BCUT2D eigenvalue weighted by Crippen LogP contribution is -2.45. The van der Waals surface area contributed by atoms with Crippen molar-refractivity contribution < 1.29 is 38.4 Å². The Balaban J connectivity index is 1.35. The van der Waals surface area contributed by atoms with Gasteiger partial charge in [-0.25, -0.2) is 9.59 Å². The van der Waals surface area contributed by atoms with E-state index in [2.05, 4.69) is 10.6 Å². The van der Waals surface area contributed by atoms with Crippen molar-refractivity contribution in [1.82, 2.24) is 10.6 Å². The standard InChI is InChI=1S/C36H38N2O8/c1-43-35(41)31(38-34(40)21-30(39)22-37-36(42)46-25-28-15-9-4-10-16-28)19-29-17-18-32(44-23-26-11-5-2-6-12-26)33(20-29)45-24-27-13-7-3-8-14-27/h2-18,20,30-31,39H,19,21-25H2,1H3,(H,37,42)(H,38,40)/t30-,31-/m1/s1. The van der Waals surface area contributed by atoms with E-state index in [4.69, 9.17) is 18.9 Å². The number of hydrogen-bond donors (Lipinski definition) is 3. The Hall–Kier alpha value is -5.35. The van der Waals surface area contributed by atoms with E-state index in [9.17, 15) is 19.5 Å². The highest BCUT2D eigenvalue weighted by atomic mass is 16.5. The molecular formula is C36H38N2O8. The van der Waals surface area contributed by atoms with Crippen LogP contribution < -0.4 is 20.1 Å². The van der Waals surface area contributed by atoms with Crippen molar-refractivity contribution in [2.45, 2.75) is 44.8 Å². The van der Waals surface area contributed by atoms with Crippen LogP contribution >= 0.6 is 0 Å². The predicted molar refractivity (Wildman–Crippen MR) is 171 cm³/mol. The number of hydrogen-bond acceptors (Lipinski definition) is 8. The van der Waals surface area contributed by atoms with Crippen LogP contribution in [-0.4, -0.2) is 48.9 Å². The van der Waals surface area contributed by atoms with Crippen LogP contribution in [-0.2, 0) is 45.3 Å². The van der Waals surface area contributed by atoms with Gasteiger partial charge in [-0.05, 0) is 34.4 Å². The molecule has 46 heavy (non-hydrogen) atoms. The molecule has 0 unspecified atom stereocenters. The van der Waals surface area contributed by atoms with Crippen LogP contribution in [0.2, 0.25) is 0 Å².